The molecule has 0 aliphatic rings. The molecule has 0 fully saturated rings. The van der Waals surface area contributed by atoms with Gasteiger partial charge in [-0.15, -0.1) is 0 Å². The molecule has 1 heterocycles. The third kappa shape index (κ3) is 3.33. The largest absolute Gasteiger partial charge is 0.433 e. The Kier molecular flexibility index (Phi) is 4.20. The van der Waals surface area contributed by atoms with Crippen molar-refractivity contribution in [2.45, 2.75) is 13.1 Å². The van der Waals surface area contributed by atoms with E-state index in [2.05, 4.69) is 4.98 Å². The number of rotatable bonds is 2. The molecule has 0 spiro atoms. The maximum Gasteiger partial charge on any atom is 0.433 e. The number of aromatic nitrogens is 1. The van der Waals surface area contributed by atoms with Crippen molar-refractivity contribution in [2.75, 3.05) is 11.9 Å². The number of pyridine rings is 1. The molecule has 0 N–H and O–H groups in total. The van der Waals surface area contributed by atoms with Crippen LogP contribution in [0.4, 0.5) is 18.9 Å². The predicted octanol–water partition coefficient (Wildman–Crippen LogP) is 4.84. The van der Waals surface area contributed by atoms with E-state index < -0.39 is 17.8 Å². The van der Waals surface area contributed by atoms with Crippen LogP contribution >= 0.6 is 0 Å². The fourth-order valence-corrected chi connectivity index (χ4v) is 2.63. The molecular formula is C19H15F3N2O. The fourth-order valence-electron chi connectivity index (χ4n) is 2.63. The maximum atomic E-state index is 12.7. The van der Waals surface area contributed by atoms with Crippen LogP contribution in [0.2, 0.25) is 0 Å². The van der Waals surface area contributed by atoms with Crippen LogP contribution in [0.25, 0.3) is 10.8 Å². The van der Waals surface area contributed by atoms with Gasteiger partial charge in [-0.3, -0.25) is 4.79 Å². The lowest BCUT2D eigenvalue weighted by atomic mass is 10.1. The summed E-state index contributed by atoms with van der Waals surface area (Å²) < 4.78 is 38.1. The van der Waals surface area contributed by atoms with Crippen molar-refractivity contribution in [1.29, 1.82) is 0 Å². The number of hydrogen-bond acceptors (Lipinski definition) is 2. The third-order valence-corrected chi connectivity index (χ3v) is 4.03. The van der Waals surface area contributed by atoms with Crippen molar-refractivity contribution in [2.24, 2.45) is 0 Å². The quantitative estimate of drug-likeness (QED) is 0.666. The Balaban J connectivity index is 1.93. The maximum absolute atomic E-state index is 12.7. The average molecular weight is 344 g/mol. The van der Waals surface area contributed by atoms with Gasteiger partial charge in [-0.2, -0.15) is 13.2 Å². The summed E-state index contributed by atoms with van der Waals surface area (Å²) in [6, 6.07) is 15.3. The topological polar surface area (TPSA) is 33.2 Å². The van der Waals surface area contributed by atoms with Crippen LogP contribution in [0.1, 0.15) is 21.7 Å². The van der Waals surface area contributed by atoms with Crippen molar-refractivity contribution in [3.8, 4) is 0 Å². The number of hydrogen-bond donors (Lipinski definition) is 0. The number of amides is 1. The zero-order valence-corrected chi connectivity index (χ0v) is 13.6. The van der Waals surface area contributed by atoms with Gasteiger partial charge in [0, 0.05) is 12.7 Å². The monoisotopic (exact) mass is 344 g/mol. The van der Waals surface area contributed by atoms with Gasteiger partial charge >= 0.3 is 6.18 Å². The van der Waals surface area contributed by atoms with Gasteiger partial charge in [0.05, 0.1) is 11.3 Å². The van der Waals surface area contributed by atoms with Crippen LogP contribution in [0.5, 0.6) is 0 Å². The Hall–Kier alpha value is -2.89. The molecule has 2 aromatic carbocycles. The first-order valence-corrected chi connectivity index (χ1v) is 7.59. The molecule has 3 rings (SSSR count). The molecule has 0 saturated heterocycles. The van der Waals surface area contributed by atoms with Gasteiger partial charge in [0.25, 0.3) is 5.91 Å². The molecule has 128 valence electrons. The minimum absolute atomic E-state index is 0.0486. The first kappa shape index (κ1) is 17.0. The summed E-state index contributed by atoms with van der Waals surface area (Å²) in [6.07, 6.45) is -4.53. The number of benzene rings is 2. The zero-order chi connectivity index (χ0) is 18.2. The van der Waals surface area contributed by atoms with Crippen LogP contribution in [0.15, 0.2) is 54.6 Å². The van der Waals surface area contributed by atoms with Crippen LogP contribution in [0, 0.1) is 6.92 Å². The Morgan fingerprint density at radius 3 is 2.32 bits per heavy atom. The molecule has 0 bridgehead atoms. The van der Waals surface area contributed by atoms with Crippen molar-refractivity contribution >= 4 is 22.4 Å². The van der Waals surface area contributed by atoms with Gasteiger partial charge in [0.2, 0.25) is 0 Å². The summed E-state index contributed by atoms with van der Waals surface area (Å²) >= 11 is 0. The SMILES string of the molecule is Cc1nc(C(F)(F)F)ccc1C(=O)N(C)c1ccc2ccccc2c1. The number of fused-ring (bicyclic) bond motifs is 1. The second-order valence-corrected chi connectivity index (χ2v) is 5.72. The second kappa shape index (κ2) is 6.20. The zero-order valence-electron chi connectivity index (χ0n) is 13.6. The van der Waals surface area contributed by atoms with Gasteiger partial charge in [-0.1, -0.05) is 30.3 Å². The molecular weight excluding hydrogens is 329 g/mol. The van der Waals surface area contributed by atoms with E-state index in [0.717, 1.165) is 16.8 Å². The van der Waals surface area contributed by atoms with Crippen molar-refractivity contribution in [3.05, 3.63) is 71.5 Å². The van der Waals surface area contributed by atoms with E-state index in [9.17, 15) is 18.0 Å². The van der Waals surface area contributed by atoms with E-state index in [0.29, 0.717) is 5.69 Å². The van der Waals surface area contributed by atoms with Gasteiger partial charge in [0.1, 0.15) is 5.69 Å². The van der Waals surface area contributed by atoms with Crippen LogP contribution in [0.3, 0.4) is 0 Å². The molecule has 3 aromatic rings. The van der Waals surface area contributed by atoms with E-state index in [1.54, 1.807) is 13.1 Å². The lowest BCUT2D eigenvalue weighted by Gasteiger charge is -2.19. The van der Waals surface area contributed by atoms with Crippen LogP contribution in [-0.4, -0.2) is 17.9 Å². The van der Waals surface area contributed by atoms with E-state index in [1.807, 2.05) is 36.4 Å². The number of carbonyl (C=O) groups is 1. The summed E-state index contributed by atoms with van der Waals surface area (Å²) in [5.74, 6) is -0.408. The number of carbonyl (C=O) groups excluding carboxylic acids is 1. The highest BCUT2D eigenvalue weighted by Gasteiger charge is 2.33. The fraction of sp³-hybridized carbons (Fsp3) is 0.158. The van der Waals surface area contributed by atoms with Gasteiger partial charge in [-0.25, -0.2) is 4.98 Å². The summed E-state index contributed by atoms with van der Waals surface area (Å²) in [5.41, 5.74) is -0.158. The van der Waals surface area contributed by atoms with E-state index >= 15 is 0 Å². The minimum atomic E-state index is -4.53. The summed E-state index contributed by atoms with van der Waals surface area (Å²) in [5, 5.41) is 2.02. The van der Waals surface area contributed by atoms with Gasteiger partial charge in [-0.05, 0) is 42.0 Å². The first-order chi connectivity index (χ1) is 11.8. The molecule has 0 saturated carbocycles. The standard InChI is InChI=1S/C19H15F3N2O/c1-12-16(9-10-17(23-12)19(20,21)22)18(25)24(2)15-8-7-13-5-3-4-6-14(13)11-15/h3-11H,1-2H3. The smallest absolute Gasteiger partial charge is 0.311 e. The molecule has 1 aromatic heterocycles. The molecule has 1 amide bonds. The van der Waals surface area contributed by atoms with E-state index in [4.69, 9.17) is 0 Å². The summed E-state index contributed by atoms with van der Waals surface area (Å²) in [6.45, 7) is 1.40. The molecule has 3 nitrogen and oxygen atoms in total. The molecule has 0 radical (unpaired) electrons. The predicted molar refractivity (Wildman–Crippen MR) is 90.7 cm³/mol. The molecule has 0 aliphatic carbocycles. The normalized spacial score (nSPS) is 11.6. The molecule has 0 unspecified atom stereocenters. The Morgan fingerprint density at radius 1 is 1.00 bits per heavy atom. The van der Waals surface area contributed by atoms with Crippen molar-refractivity contribution in [3.63, 3.8) is 0 Å². The number of anilines is 1. The Labute approximate surface area is 142 Å². The lowest BCUT2D eigenvalue weighted by molar-refractivity contribution is -0.141. The molecule has 25 heavy (non-hydrogen) atoms. The highest BCUT2D eigenvalue weighted by molar-refractivity contribution is 6.07. The lowest BCUT2D eigenvalue weighted by Crippen LogP contribution is -2.27. The summed E-state index contributed by atoms with van der Waals surface area (Å²) in [4.78, 5) is 17.6. The average Bonchev–Trinajstić information content (AvgIpc) is 2.59. The summed E-state index contributed by atoms with van der Waals surface area (Å²) in [7, 11) is 1.59. The van der Waals surface area contributed by atoms with Gasteiger partial charge < -0.3 is 4.90 Å². The second-order valence-electron chi connectivity index (χ2n) is 5.72. The molecule has 0 aliphatic heterocycles. The van der Waals surface area contributed by atoms with Gasteiger partial charge in [0.15, 0.2) is 0 Å². The van der Waals surface area contributed by atoms with E-state index in [-0.39, 0.29) is 11.3 Å². The Morgan fingerprint density at radius 2 is 1.68 bits per heavy atom. The number of aryl methyl sites for hydroxylation is 1. The number of alkyl halides is 3. The van der Waals surface area contributed by atoms with Crippen molar-refractivity contribution in [1.82, 2.24) is 4.98 Å². The minimum Gasteiger partial charge on any atom is -0.311 e. The number of halogens is 3. The van der Waals surface area contributed by atoms with E-state index in [1.165, 1.54) is 17.9 Å². The highest BCUT2D eigenvalue weighted by Crippen LogP contribution is 2.29. The Bertz CT molecular complexity index is 951. The third-order valence-electron chi connectivity index (χ3n) is 4.03. The van der Waals surface area contributed by atoms with Crippen LogP contribution < -0.4 is 4.90 Å². The first-order valence-electron chi connectivity index (χ1n) is 7.59. The van der Waals surface area contributed by atoms with Crippen LogP contribution in [-0.2, 0) is 6.18 Å². The highest BCUT2D eigenvalue weighted by atomic mass is 19.4. The molecule has 6 heteroatoms. The number of nitrogens with zero attached hydrogens (tertiary/aromatic N) is 2. The van der Waals surface area contributed by atoms with Crippen molar-refractivity contribution < 1.29 is 18.0 Å². The molecule has 0 atom stereocenters.